The molecule has 140 valence electrons. The minimum atomic E-state index is -0.800. The zero-order valence-corrected chi connectivity index (χ0v) is 16.9. The molecule has 1 N–H and O–H groups in total. The standard InChI is InChI=1S/C21H21BrN2O3/c1-20(2)10-14(25)11-21(12-20)24-17(9-16(23-24)19-4-3-7-26-19)15-8-13(22)5-6-18(15)27-21/h3-8,11,17,25H,9-10,12H2,1-2H3. The SMILES string of the molecule is CC1(C)CC(O)=CC2(C1)Oc1ccc(Br)cc1C1CC(c3ccco3)=NN12. The van der Waals surface area contributed by atoms with Crippen molar-refractivity contribution in [1.82, 2.24) is 5.01 Å². The molecule has 0 saturated heterocycles. The smallest absolute Gasteiger partial charge is 0.221 e. The molecule has 27 heavy (non-hydrogen) atoms. The van der Waals surface area contributed by atoms with E-state index >= 15 is 0 Å². The van der Waals surface area contributed by atoms with Crippen LogP contribution in [-0.2, 0) is 0 Å². The van der Waals surface area contributed by atoms with E-state index in [1.165, 1.54) is 0 Å². The van der Waals surface area contributed by atoms with Gasteiger partial charge in [0.15, 0.2) is 0 Å². The lowest BCUT2D eigenvalue weighted by Gasteiger charge is -2.50. The first-order chi connectivity index (χ1) is 12.9. The molecule has 6 heteroatoms. The fourth-order valence-electron chi connectivity index (χ4n) is 4.62. The van der Waals surface area contributed by atoms with Crippen LogP contribution in [0.1, 0.15) is 50.5 Å². The van der Waals surface area contributed by atoms with Crippen molar-refractivity contribution < 1.29 is 14.3 Å². The topological polar surface area (TPSA) is 58.2 Å². The number of aliphatic hydroxyl groups excluding tert-OH is 1. The first-order valence-corrected chi connectivity index (χ1v) is 9.94. The van der Waals surface area contributed by atoms with Crippen LogP contribution in [0.4, 0.5) is 0 Å². The van der Waals surface area contributed by atoms with Crippen LogP contribution in [0.5, 0.6) is 5.75 Å². The molecule has 2 aromatic rings. The van der Waals surface area contributed by atoms with Gasteiger partial charge in [0.2, 0.25) is 5.72 Å². The molecular weight excluding hydrogens is 408 g/mol. The fraction of sp³-hybridized carbons (Fsp3) is 0.381. The molecule has 1 aromatic carbocycles. The number of benzene rings is 1. The number of ether oxygens (including phenoxy) is 1. The zero-order chi connectivity index (χ0) is 18.8. The van der Waals surface area contributed by atoms with E-state index in [1.54, 1.807) is 6.26 Å². The Kier molecular flexibility index (Phi) is 3.54. The highest BCUT2D eigenvalue weighted by atomic mass is 79.9. The van der Waals surface area contributed by atoms with E-state index < -0.39 is 5.72 Å². The maximum Gasteiger partial charge on any atom is 0.221 e. The highest BCUT2D eigenvalue weighted by molar-refractivity contribution is 9.10. The first-order valence-electron chi connectivity index (χ1n) is 9.15. The number of fused-ring (bicyclic) bond motifs is 4. The summed E-state index contributed by atoms with van der Waals surface area (Å²) in [5.74, 6) is 1.98. The van der Waals surface area contributed by atoms with Crippen molar-refractivity contribution in [2.75, 3.05) is 0 Å². The maximum atomic E-state index is 10.5. The lowest BCUT2D eigenvalue weighted by Crippen LogP contribution is -2.56. The van der Waals surface area contributed by atoms with Crippen LogP contribution in [0.2, 0.25) is 0 Å². The van der Waals surface area contributed by atoms with Gasteiger partial charge in [0.05, 0.1) is 18.1 Å². The van der Waals surface area contributed by atoms with Gasteiger partial charge < -0.3 is 14.3 Å². The second kappa shape index (κ2) is 5.64. The van der Waals surface area contributed by atoms with Crippen molar-refractivity contribution in [3.8, 4) is 5.75 Å². The molecule has 0 fully saturated rings. The average Bonchev–Trinajstić information content (AvgIpc) is 3.23. The van der Waals surface area contributed by atoms with Gasteiger partial charge in [-0.1, -0.05) is 29.8 Å². The van der Waals surface area contributed by atoms with Gasteiger partial charge in [0.1, 0.15) is 17.2 Å². The summed E-state index contributed by atoms with van der Waals surface area (Å²) in [5.41, 5.74) is 1.10. The lowest BCUT2D eigenvalue weighted by atomic mass is 9.75. The number of aliphatic hydroxyl groups is 1. The van der Waals surface area contributed by atoms with Crippen LogP contribution in [0, 0.1) is 5.41 Å². The Hall–Kier alpha value is -2.21. The van der Waals surface area contributed by atoms with Crippen LogP contribution >= 0.6 is 15.9 Å². The van der Waals surface area contributed by atoms with Gasteiger partial charge in [-0.05, 0) is 35.7 Å². The largest absolute Gasteiger partial charge is 0.512 e. The van der Waals surface area contributed by atoms with Gasteiger partial charge in [0, 0.05) is 35.4 Å². The maximum absolute atomic E-state index is 10.5. The van der Waals surface area contributed by atoms with Crippen molar-refractivity contribution >= 4 is 21.6 Å². The highest BCUT2D eigenvalue weighted by Crippen LogP contribution is 2.53. The Balaban J connectivity index is 1.68. The minimum absolute atomic E-state index is 0.0318. The Morgan fingerprint density at radius 3 is 2.89 bits per heavy atom. The van der Waals surface area contributed by atoms with Gasteiger partial charge in [-0.25, -0.2) is 5.01 Å². The average molecular weight is 429 g/mol. The van der Waals surface area contributed by atoms with E-state index in [0.717, 1.165) is 40.1 Å². The molecular formula is C21H21BrN2O3. The number of halogens is 1. The van der Waals surface area contributed by atoms with Crippen molar-refractivity contribution in [1.29, 1.82) is 0 Å². The molecule has 0 radical (unpaired) electrons. The monoisotopic (exact) mass is 428 g/mol. The predicted molar refractivity (Wildman–Crippen MR) is 106 cm³/mol. The van der Waals surface area contributed by atoms with Crippen LogP contribution in [0.15, 0.2) is 62.4 Å². The third kappa shape index (κ3) is 2.69. The highest BCUT2D eigenvalue weighted by Gasteiger charge is 2.54. The van der Waals surface area contributed by atoms with Crippen molar-refractivity contribution in [3.05, 3.63) is 64.2 Å². The van der Waals surface area contributed by atoms with Gasteiger partial charge in [-0.2, -0.15) is 5.10 Å². The van der Waals surface area contributed by atoms with E-state index in [2.05, 4.69) is 35.8 Å². The van der Waals surface area contributed by atoms with Gasteiger partial charge >= 0.3 is 0 Å². The number of hydrogen-bond acceptors (Lipinski definition) is 5. The third-order valence-corrected chi connectivity index (χ3v) is 6.00. The van der Waals surface area contributed by atoms with Crippen molar-refractivity contribution in [2.45, 2.75) is 44.9 Å². The van der Waals surface area contributed by atoms with Crippen LogP contribution in [0.25, 0.3) is 0 Å². The summed E-state index contributed by atoms with van der Waals surface area (Å²) in [4.78, 5) is 0. The Morgan fingerprint density at radius 2 is 2.15 bits per heavy atom. The molecule has 2 aliphatic heterocycles. The van der Waals surface area contributed by atoms with Crippen molar-refractivity contribution in [2.24, 2.45) is 10.5 Å². The van der Waals surface area contributed by atoms with Crippen LogP contribution in [0.3, 0.4) is 0 Å². The Bertz CT molecular complexity index is 964. The quantitative estimate of drug-likeness (QED) is 0.647. The molecule has 5 nitrogen and oxygen atoms in total. The zero-order valence-electron chi connectivity index (χ0n) is 15.3. The number of hydrazone groups is 1. The molecule has 2 unspecified atom stereocenters. The summed E-state index contributed by atoms with van der Waals surface area (Å²) in [6.45, 7) is 4.31. The summed E-state index contributed by atoms with van der Waals surface area (Å²) < 4.78 is 13.1. The molecule has 0 bridgehead atoms. The molecule has 0 amide bonds. The molecule has 1 aromatic heterocycles. The van der Waals surface area contributed by atoms with E-state index in [4.69, 9.17) is 14.3 Å². The Labute approximate surface area is 166 Å². The number of nitrogens with zero attached hydrogens (tertiary/aromatic N) is 2. The summed E-state index contributed by atoms with van der Waals surface area (Å²) >= 11 is 3.57. The van der Waals surface area contributed by atoms with Crippen LogP contribution < -0.4 is 4.74 Å². The minimum Gasteiger partial charge on any atom is -0.512 e. The van der Waals surface area contributed by atoms with Gasteiger partial charge in [0.25, 0.3) is 0 Å². The Morgan fingerprint density at radius 1 is 1.30 bits per heavy atom. The van der Waals surface area contributed by atoms with Crippen LogP contribution in [-0.4, -0.2) is 21.6 Å². The second-order valence-electron chi connectivity index (χ2n) is 8.37. The van der Waals surface area contributed by atoms with E-state index in [9.17, 15) is 5.11 Å². The van der Waals surface area contributed by atoms with E-state index in [1.807, 2.05) is 35.4 Å². The molecule has 0 saturated carbocycles. The fourth-order valence-corrected chi connectivity index (χ4v) is 5.00. The number of hydrogen-bond donors (Lipinski definition) is 1. The summed E-state index contributed by atoms with van der Waals surface area (Å²) in [6, 6.07) is 9.92. The van der Waals surface area contributed by atoms with Crippen molar-refractivity contribution in [3.63, 3.8) is 0 Å². The number of rotatable bonds is 1. The normalized spacial score (nSPS) is 28.3. The van der Waals surface area contributed by atoms with Gasteiger partial charge in [-0.3, -0.25) is 0 Å². The van der Waals surface area contributed by atoms with E-state index in [-0.39, 0.29) is 11.5 Å². The number of furan rings is 1. The molecule has 5 rings (SSSR count). The summed E-state index contributed by atoms with van der Waals surface area (Å²) in [5, 5.41) is 17.4. The third-order valence-electron chi connectivity index (χ3n) is 5.50. The summed E-state index contributed by atoms with van der Waals surface area (Å²) in [7, 11) is 0. The molecule has 1 spiro atoms. The lowest BCUT2D eigenvalue weighted by molar-refractivity contribution is -0.115. The molecule has 1 aliphatic carbocycles. The molecule has 3 heterocycles. The van der Waals surface area contributed by atoms with E-state index in [0.29, 0.717) is 12.2 Å². The predicted octanol–water partition coefficient (Wildman–Crippen LogP) is 5.54. The summed E-state index contributed by atoms with van der Waals surface area (Å²) in [6.07, 6.45) is 5.62. The van der Waals surface area contributed by atoms with Gasteiger partial charge in [-0.15, -0.1) is 0 Å². The number of allylic oxidation sites excluding steroid dienone is 1. The molecule has 3 aliphatic rings. The first kappa shape index (κ1) is 16.9. The molecule has 2 atom stereocenters. The second-order valence-corrected chi connectivity index (χ2v) is 9.29.